The first-order valence-corrected chi connectivity index (χ1v) is 7.43. The van der Waals surface area contributed by atoms with Crippen molar-refractivity contribution in [1.82, 2.24) is 4.90 Å². The van der Waals surface area contributed by atoms with E-state index in [1.807, 2.05) is 52.2 Å². The lowest BCUT2D eigenvalue weighted by molar-refractivity contribution is -0.0507. The van der Waals surface area contributed by atoms with Crippen molar-refractivity contribution in [3.63, 3.8) is 0 Å². The fourth-order valence-corrected chi connectivity index (χ4v) is 2.22. The van der Waals surface area contributed by atoms with E-state index in [2.05, 4.69) is 25.3 Å². The molecule has 120 valence electrons. The molecule has 0 bridgehead atoms. The van der Waals surface area contributed by atoms with Crippen LogP contribution in [0.2, 0.25) is 0 Å². The minimum Gasteiger partial charge on any atom is -0.469 e. The molecule has 0 saturated heterocycles. The Labute approximate surface area is 130 Å². The van der Waals surface area contributed by atoms with Crippen molar-refractivity contribution in [2.75, 3.05) is 14.2 Å². The molecule has 0 fully saturated rings. The van der Waals surface area contributed by atoms with Crippen LogP contribution in [-0.2, 0) is 9.47 Å². The molecule has 0 aromatic heterocycles. The van der Waals surface area contributed by atoms with E-state index in [1.165, 1.54) is 0 Å². The summed E-state index contributed by atoms with van der Waals surface area (Å²) in [6.07, 6.45) is 10.7. The van der Waals surface area contributed by atoms with Crippen LogP contribution in [0.25, 0.3) is 0 Å². The van der Waals surface area contributed by atoms with Gasteiger partial charge in [0.25, 0.3) is 0 Å². The summed E-state index contributed by atoms with van der Waals surface area (Å²) in [5.74, 6) is 0.839. The lowest BCUT2D eigenvalue weighted by Gasteiger charge is -2.40. The van der Waals surface area contributed by atoms with Gasteiger partial charge < -0.3 is 14.4 Å². The zero-order valence-corrected chi connectivity index (χ0v) is 14.6. The van der Waals surface area contributed by atoms with E-state index in [1.54, 1.807) is 13.2 Å². The summed E-state index contributed by atoms with van der Waals surface area (Å²) in [6, 6.07) is 0. The zero-order valence-electron chi connectivity index (χ0n) is 14.6. The average Bonchev–Trinajstić information content (AvgIpc) is 2.44. The standard InChI is InChI=1S/C18H31NO2/c1-9-12-17(11-3)18(6,19(7)13-10-2)21-16(5)14-15(4)20-8/h9-10,12-15H,1,11H2,2-8H3/b13-10-,16-14-,17-12+/t15?,18-/m1/s1. The number of hydrogen-bond acceptors (Lipinski definition) is 3. The Balaban J connectivity index is 5.56. The second-order valence-corrected chi connectivity index (χ2v) is 5.18. The third-order valence-electron chi connectivity index (χ3n) is 3.54. The van der Waals surface area contributed by atoms with E-state index < -0.39 is 5.72 Å². The van der Waals surface area contributed by atoms with Gasteiger partial charge in [-0.1, -0.05) is 31.7 Å². The second-order valence-electron chi connectivity index (χ2n) is 5.18. The van der Waals surface area contributed by atoms with Crippen LogP contribution in [0.15, 0.2) is 48.4 Å². The molecular formula is C18H31NO2. The molecule has 0 rings (SSSR count). The second kappa shape index (κ2) is 9.46. The summed E-state index contributed by atoms with van der Waals surface area (Å²) in [6.45, 7) is 13.9. The van der Waals surface area contributed by atoms with Gasteiger partial charge in [-0.3, -0.25) is 0 Å². The van der Waals surface area contributed by atoms with Gasteiger partial charge in [0.15, 0.2) is 0 Å². The minimum absolute atomic E-state index is 0.0229. The molecule has 0 heterocycles. The quantitative estimate of drug-likeness (QED) is 0.351. The van der Waals surface area contributed by atoms with E-state index >= 15 is 0 Å². The fourth-order valence-electron chi connectivity index (χ4n) is 2.22. The highest BCUT2D eigenvalue weighted by atomic mass is 16.5. The number of likely N-dealkylation sites (N-methyl/N-ethyl adjacent to an activating group) is 1. The van der Waals surface area contributed by atoms with Crippen LogP contribution in [-0.4, -0.2) is 30.9 Å². The summed E-state index contributed by atoms with van der Waals surface area (Å²) in [4.78, 5) is 2.07. The molecule has 0 saturated carbocycles. The first-order valence-electron chi connectivity index (χ1n) is 7.43. The summed E-state index contributed by atoms with van der Waals surface area (Å²) in [5, 5.41) is 0. The largest absolute Gasteiger partial charge is 0.469 e. The number of hydrogen-bond donors (Lipinski definition) is 0. The minimum atomic E-state index is -0.552. The Kier molecular flexibility index (Phi) is 8.79. The van der Waals surface area contributed by atoms with Crippen LogP contribution in [0.1, 0.15) is 41.0 Å². The molecule has 0 aliphatic carbocycles. The van der Waals surface area contributed by atoms with Crippen molar-refractivity contribution >= 4 is 0 Å². The van der Waals surface area contributed by atoms with Crippen LogP contribution in [0, 0.1) is 0 Å². The fraction of sp³-hybridized carbons (Fsp3) is 0.556. The van der Waals surface area contributed by atoms with Crippen LogP contribution in [0.5, 0.6) is 0 Å². The van der Waals surface area contributed by atoms with Crippen LogP contribution >= 0.6 is 0 Å². The number of allylic oxidation sites excluding steroid dienone is 4. The molecule has 1 unspecified atom stereocenters. The number of ether oxygens (including phenoxy) is 2. The lowest BCUT2D eigenvalue weighted by Crippen LogP contribution is -2.44. The molecule has 0 aromatic rings. The monoisotopic (exact) mass is 293 g/mol. The average molecular weight is 293 g/mol. The number of rotatable bonds is 9. The Morgan fingerprint density at radius 1 is 1.43 bits per heavy atom. The maximum atomic E-state index is 6.27. The van der Waals surface area contributed by atoms with Crippen molar-refractivity contribution in [2.45, 2.75) is 52.9 Å². The van der Waals surface area contributed by atoms with Crippen LogP contribution in [0.3, 0.4) is 0 Å². The SMILES string of the molecule is C=C/C=C(\CC)[C@@](C)(O/C(C)=C\C(C)OC)N(C)/C=C\C. The summed E-state index contributed by atoms with van der Waals surface area (Å²) < 4.78 is 11.5. The molecule has 3 nitrogen and oxygen atoms in total. The molecule has 0 aliphatic rings. The van der Waals surface area contributed by atoms with Gasteiger partial charge in [0, 0.05) is 14.2 Å². The Hall–Kier alpha value is -1.48. The first-order chi connectivity index (χ1) is 9.85. The van der Waals surface area contributed by atoms with Crippen LogP contribution in [0.4, 0.5) is 0 Å². The summed E-state index contributed by atoms with van der Waals surface area (Å²) in [5.41, 5.74) is 0.611. The van der Waals surface area contributed by atoms with E-state index in [0.29, 0.717) is 0 Å². The smallest absolute Gasteiger partial charge is 0.201 e. The van der Waals surface area contributed by atoms with Gasteiger partial charge in [-0.25, -0.2) is 0 Å². The normalized spacial score (nSPS) is 17.5. The number of methoxy groups -OCH3 is 1. The molecule has 2 atom stereocenters. The van der Waals surface area contributed by atoms with Gasteiger partial charge in [0.2, 0.25) is 5.72 Å². The molecule has 21 heavy (non-hydrogen) atoms. The highest BCUT2D eigenvalue weighted by Gasteiger charge is 2.33. The summed E-state index contributed by atoms with van der Waals surface area (Å²) in [7, 11) is 3.70. The maximum absolute atomic E-state index is 6.27. The highest BCUT2D eigenvalue weighted by molar-refractivity contribution is 5.22. The van der Waals surface area contributed by atoms with E-state index in [-0.39, 0.29) is 6.10 Å². The molecule has 0 spiro atoms. The molecule has 0 N–H and O–H groups in total. The van der Waals surface area contributed by atoms with E-state index in [0.717, 1.165) is 17.8 Å². The van der Waals surface area contributed by atoms with Gasteiger partial charge in [-0.05, 0) is 52.0 Å². The van der Waals surface area contributed by atoms with Gasteiger partial charge >= 0.3 is 0 Å². The Morgan fingerprint density at radius 2 is 2.05 bits per heavy atom. The predicted octanol–water partition coefficient (Wildman–Crippen LogP) is 4.65. The van der Waals surface area contributed by atoms with E-state index in [9.17, 15) is 0 Å². The lowest BCUT2D eigenvalue weighted by atomic mass is 9.99. The molecular weight excluding hydrogens is 262 g/mol. The molecule has 3 heteroatoms. The maximum Gasteiger partial charge on any atom is 0.201 e. The summed E-state index contributed by atoms with van der Waals surface area (Å²) >= 11 is 0. The highest BCUT2D eigenvalue weighted by Crippen LogP contribution is 2.30. The van der Waals surface area contributed by atoms with Gasteiger partial charge in [-0.2, -0.15) is 0 Å². The molecule has 0 aromatic carbocycles. The molecule has 0 radical (unpaired) electrons. The Morgan fingerprint density at radius 3 is 2.48 bits per heavy atom. The first kappa shape index (κ1) is 19.5. The van der Waals surface area contributed by atoms with Crippen molar-refractivity contribution in [3.8, 4) is 0 Å². The van der Waals surface area contributed by atoms with Gasteiger partial charge in [0.05, 0.1) is 11.9 Å². The Bertz CT molecular complexity index is 409. The zero-order chi connectivity index (χ0) is 16.5. The molecule has 0 amide bonds. The number of nitrogens with zero attached hydrogens (tertiary/aromatic N) is 1. The molecule has 0 aliphatic heterocycles. The van der Waals surface area contributed by atoms with Crippen molar-refractivity contribution in [2.24, 2.45) is 0 Å². The van der Waals surface area contributed by atoms with E-state index in [4.69, 9.17) is 9.47 Å². The van der Waals surface area contributed by atoms with Crippen molar-refractivity contribution < 1.29 is 9.47 Å². The van der Waals surface area contributed by atoms with Crippen molar-refractivity contribution in [3.05, 3.63) is 48.4 Å². The topological polar surface area (TPSA) is 21.7 Å². The predicted molar refractivity (Wildman–Crippen MR) is 90.9 cm³/mol. The van der Waals surface area contributed by atoms with Crippen LogP contribution < -0.4 is 0 Å². The van der Waals surface area contributed by atoms with Gasteiger partial charge in [-0.15, -0.1) is 0 Å². The third kappa shape index (κ3) is 5.80. The van der Waals surface area contributed by atoms with Crippen molar-refractivity contribution in [1.29, 1.82) is 0 Å². The van der Waals surface area contributed by atoms with Gasteiger partial charge in [0.1, 0.15) is 0 Å². The third-order valence-corrected chi connectivity index (χ3v) is 3.54.